The molecule has 0 aliphatic heterocycles. The third-order valence-electron chi connectivity index (χ3n) is 11.0. The van der Waals surface area contributed by atoms with Gasteiger partial charge in [-0.1, -0.05) is 36.4 Å². The first-order valence-electron chi connectivity index (χ1n) is 17.6. The molecule has 0 N–H and O–H groups in total. The Bertz CT molecular complexity index is 3460. The Labute approximate surface area is 298 Å². The SMILES string of the molecule is c1cnc2c(c1)oc1ccc(-n3c4ccccc4c4c5oc6c(ccc7c6c6ccccc6n7-c6ccc7oc8cccnc8c7c6)c5ccc43)cc12. The van der Waals surface area contributed by atoms with Crippen molar-refractivity contribution in [1.82, 2.24) is 19.1 Å². The minimum atomic E-state index is 0.783. The maximum atomic E-state index is 7.15. The molecule has 0 fully saturated rings. The van der Waals surface area contributed by atoms with Crippen molar-refractivity contribution in [3.63, 3.8) is 0 Å². The minimum absolute atomic E-state index is 0.783. The molecule has 7 heteroatoms. The van der Waals surface area contributed by atoms with Crippen LogP contribution in [-0.4, -0.2) is 19.1 Å². The van der Waals surface area contributed by atoms with Crippen LogP contribution in [0.1, 0.15) is 0 Å². The van der Waals surface area contributed by atoms with E-state index in [9.17, 15) is 0 Å². The standard InChI is InChI=1S/C46H24N4O3/c1-3-9-33-29(7-1)41-35(49(33)25-13-19-37-31(23-25)43-39(51-37)11-5-21-47-43)17-15-27-28-16-18-36-42(46(28)53-45(27)41)30-8-2-4-10-34(30)50(36)26-14-20-38-32(24-26)44-40(52-38)12-6-22-48-44/h1-24H. The normalized spacial score (nSPS) is 12.5. The summed E-state index contributed by atoms with van der Waals surface area (Å²) in [4.78, 5) is 9.29. The number of nitrogens with zero attached hydrogens (tertiary/aromatic N) is 4. The highest BCUT2D eigenvalue weighted by molar-refractivity contribution is 6.29. The summed E-state index contributed by atoms with van der Waals surface area (Å²) >= 11 is 0. The lowest BCUT2D eigenvalue weighted by Crippen LogP contribution is -1.93. The Kier molecular flexibility index (Phi) is 5.00. The van der Waals surface area contributed by atoms with Gasteiger partial charge in [0.2, 0.25) is 0 Å². The predicted molar refractivity (Wildman–Crippen MR) is 213 cm³/mol. The first-order valence-corrected chi connectivity index (χ1v) is 17.6. The number of furan rings is 3. The fourth-order valence-corrected chi connectivity index (χ4v) is 8.80. The summed E-state index contributed by atoms with van der Waals surface area (Å²) in [6.45, 7) is 0. The zero-order valence-corrected chi connectivity index (χ0v) is 27.9. The molecule has 6 aromatic carbocycles. The second-order valence-corrected chi connectivity index (χ2v) is 13.7. The molecule has 0 unspecified atom stereocenters. The van der Waals surface area contributed by atoms with Crippen LogP contribution in [0.15, 0.2) is 159 Å². The van der Waals surface area contributed by atoms with E-state index in [1.54, 1.807) is 0 Å². The van der Waals surface area contributed by atoms with Gasteiger partial charge in [-0.05, 0) is 97.1 Å². The molecule has 0 radical (unpaired) electrons. The van der Waals surface area contributed by atoms with Crippen molar-refractivity contribution in [3.05, 3.63) is 146 Å². The third kappa shape index (κ3) is 3.48. The number of aromatic nitrogens is 4. The zero-order valence-electron chi connectivity index (χ0n) is 27.9. The van der Waals surface area contributed by atoms with Crippen molar-refractivity contribution in [2.45, 2.75) is 0 Å². The first-order chi connectivity index (χ1) is 26.3. The fraction of sp³-hybridized carbons (Fsp3) is 0. The molecule has 13 aromatic rings. The molecule has 0 saturated heterocycles. The Hall–Kier alpha value is -7.38. The van der Waals surface area contributed by atoms with E-state index in [4.69, 9.17) is 13.3 Å². The van der Waals surface area contributed by atoms with Gasteiger partial charge >= 0.3 is 0 Å². The average Bonchev–Trinajstić information content (AvgIpc) is 4.01. The van der Waals surface area contributed by atoms with Crippen molar-refractivity contribution >= 4 is 110 Å². The van der Waals surface area contributed by atoms with E-state index >= 15 is 0 Å². The molecule has 0 saturated carbocycles. The molecule has 0 amide bonds. The number of benzene rings is 6. The Balaban J connectivity index is 1.10. The van der Waals surface area contributed by atoms with Crippen LogP contribution < -0.4 is 0 Å². The van der Waals surface area contributed by atoms with Crippen LogP contribution >= 0.6 is 0 Å². The number of fused-ring (bicyclic) bond motifs is 17. The zero-order chi connectivity index (χ0) is 34.4. The second kappa shape index (κ2) is 9.69. The molecular weight excluding hydrogens is 657 g/mol. The fourth-order valence-electron chi connectivity index (χ4n) is 8.80. The molecule has 0 aliphatic rings. The van der Waals surface area contributed by atoms with Gasteiger partial charge in [0.25, 0.3) is 0 Å². The molecule has 53 heavy (non-hydrogen) atoms. The largest absolute Gasteiger partial charge is 0.455 e. The van der Waals surface area contributed by atoms with E-state index in [2.05, 4.69) is 116 Å². The number of hydrogen-bond acceptors (Lipinski definition) is 5. The maximum absolute atomic E-state index is 7.15. The molecule has 0 bridgehead atoms. The van der Waals surface area contributed by atoms with Crippen LogP contribution in [0.3, 0.4) is 0 Å². The van der Waals surface area contributed by atoms with Gasteiger partial charge in [-0.25, -0.2) is 0 Å². The van der Waals surface area contributed by atoms with E-state index in [-0.39, 0.29) is 0 Å². The third-order valence-corrected chi connectivity index (χ3v) is 11.0. The highest BCUT2D eigenvalue weighted by atomic mass is 16.3. The lowest BCUT2D eigenvalue weighted by Gasteiger charge is -2.08. The molecule has 13 rings (SSSR count). The summed E-state index contributed by atoms with van der Waals surface area (Å²) in [5, 5.41) is 8.61. The van der Waals surface area contributed by atoms with Gasteiger partial charge in [0.1, 0.15) is 33.4 Å². The van der Waals surface area contributed by atoms with Crippen LogP contribution in [0.4, 0.5) is 0 Å². The topological polar surface area (TPSA) is 75.1 Å². The van der Waals surface area contributed by atoms with Crippen molar-refractivity contribution in [3.8, 4) is 11.4 Å². The average molecular weight is 681 g/mol. The van der Waals surface area contributed by atoms with Gasteiger partial charge in [0, 0.05) is 56.1 Å². The van der Waals surface area contributed by atoms with Crippen LogP contribution in [0.25, 0.3) is 121 Å². The number of pyridine rings is 2. The smallest absolute Gasteiger partial charge is 0.153 e. The molecule has 7 nitrogen and oxygen atoms in total. The van der Waals surface area contributed by atoms with Crippen molar-refractivity contribution in [2.24, 2.45) is 0 Å². The Morgan fingerprint density at radius 1 is 0.358 bits per heavy atom. The lowest BCUT2D eigenvalue weighted by molar-refractivity contribution is 0.667. The molecular formula is C46H24N4O3. The molecule has 0 atom stereocenters. The van der Waals surface area contributed by atoms with E-state index < -0.39 is 0 Å². The molecule has 246 valence electrons. The van der Waals surface area contributed by atoms with E-state index in [1.165, 1.54) is 0 Å². The molecule has 0 spiro atoms. The van der Waals surface area contributed by atoms with Crippen LogP contribution in [-0.2, 0) is 0 Å². The Morgan fingerprint density at radius 3 is 1.36 bits per heavy atom. The number of para-hydroxylation sites is 2. The summed E-state index contributed by atoms with van der Waals surface area (Å²) in [7, 11) is 0. The van der Waals surface area contributed by atoms with E-state index in [1.807, 2.05) is 48.8 Å². The van der Waals surface area contributed by atoms with Crippen LogP contribution in [0.2, 0.25) is 0 Å². The minimum Gasteiger partial charge on any atom is -0.455 e. The van der Waals surface area contributed by atoms with Crippen molar-refractivity contribution in [2.75, 3.05) is 0 Å². The van der Waals surface area contributed by atoms with E-state index in [0.29, 0.717) is 0 Å². The Morgan fingerprint density at radius 2 is 0.849 bits per heavy atom. The van der Waals surface area contributed by atoms with Gasteiger partial charge in [-0.2, -0.15) is 0 Å². The first kappa shape index (κ1) is 27.4. The summed E-state index contributed by atoms with van der Waals surface area (Å²) in [5.41, 5.74) is 13.1. The predicted octanol–water partition coefficient (Wildman–Crippen LogP) is 12.4. The van der Waals surface area contributed by atoms with Gasteiger partial charge in [0.15, 0.2) is 11.2 Å². The maximum Gasteiger partial charge on any atom is 0.153 e. The van der Waals surface area contributed by atoms with E-state index in [0.717, 1.165) is 121 Å². The van der Waals surface area contributed by atoms with Crippen molar-refractivity contribution in [1.29, 1.82) is 0 Å². The molecule has 0 aliphatic carbocycles. The highest BCUT2D eigenvalue weighted by Gasteiger charge is 2.23. The van der Waals surface area contributed by atoms with Crippen LogP contribution in [0, 0.1) is 0 Å². The van der Waals surface area contributed by atoms with Gasteiger partial charge in [-0.15, -0.1) is 0 Å². The number of hydrogen-bond donors (Lipinski definition) is 0. The van der Waals surface area contributed by atoms with Gasteiger partial charge in [-0.3, -0.25) is 9.97 Å². The second-order valence-electron chi connectivity index (χ2n) is 13.7. The lowest BCUT2D eigenvalue weighted by atomic mass is 10.1. The summed E-state index contributed by atoms with van der Waals surface area (Å²) < 4.78 is 24.0. The van der Waals surface area contributed by atoms with Crippen molar-refractivity contribution < 1.29 is 13.3 Å². The molecule has 7 aromatic heterocycles. The monoisotopic (exact) mass is 680 g/mol. The summed E-state index contributed by atoms with van der Waals surface area (Å²) in [6, 6.07) is 46.5. The number of rotatable bonds is 2. The quantitative estimate of drug-likeness (QED) is 0.182. The summed E-state index contributed by atoms with van der Waals surface area (Å²) in [5.74, 6) is 0. The highest BCUT2D eigenvalue weighted by Crippen LogP contribution is 2.45. The van der Waals surface area contributed by atoms with Gasteiger partial charge in [0.05, 0.1) is 32.8 Å². The van der Waals surface area contributed by atoms with Gasteiger partial charge < -0.3 is 22.4 Å². The summed E-state index contributed by atoms with van der Waals surface area (Å²) in [6.07, 6.45) is 3.63. The molecule has 7 heterocycles. The van der Waals surface area contributed by atoms with Crippen LogP contribution in [0.5, 0.6) is 0 Å².